The maximum atomic E-state index is 12.3. The molecule has 104 valence electrons. The lowest BCUT2D eigenvalue weighted by Gasteiger charge is -2.05. The molecule has 0 atom stereocenters. The second-order valence-corrected chi connectivity index (χ2v) is 5.22. The molecule has 1 aromatic heterocycles. The van der Waals surface area contributed by atoms with Gasteiger partial charge in [0.1, 0.15) is 0 Å². The molecule has 0 saturated carbocycles. The van der Waals surface area contributed by atoms with E-state index in [1.54, 1.807) is 18.3 Å². The number of carbonyl (C=O) groups is 1. The lowest BCUT2D eigenvalue weighted by atomic mass is 10.1. The Morgan fingerprint density at radius 2 is 1.76 bits per heavy atom. The zero-order valence-corrected chi connectivity index (χ0v) is 12.5. The number of rotatable bonds is 3. The molecule has 1 N–H and O–H groups in total. The van der Waals surface area contributed by atoms with E-state index in [9.17, 15) is 4.79 Å². The molecule has 5 heteroatoms. The van der Waals surface area contributed by atoms with Crippen molar-refractivity contribution < 1.29 is 9.32 Å². The van der Waals surface area contributed by atoms with Crippen LogP contribution in [0.15, 0.2) is 69.8 Å². The van der Waals surface area contributed by atoms with E-state index in [4.69, 9.17) is 4.52 Å². The first-order chi connectivity index (χ1) is 10.3. The van der Waals surface area contributed by atoms with Crippen LogP contribution in [0.4, 0.5) is 5.88 Å². The Morgan fingerprint density at radius 3 is 2.52 bits per heavy atom. The molecule has 2 aromatic carbocycles. The van der Waals surface area contributed by atoms with Crippen LogP contribution in [0.1, 0.15) is 10.4 Å². The van der Waals surface area contributed by atoms with E-state index in [0.29, 0.717) is 11.4 Å². The minimum absolute atomic E-state index is 0.253. The average molecular weight is 343 g/mol. The van der Waals surface area contributed by atoms with Gasteiger partial charge in [0.05, 0.1) is 17.3 Å². The van der Waals surface area contributed by atoms with Crippen molar-refractivity contribution in [2.45, 2.75) is 0 Å². The fourth-order valence-corrected chi connectivity index (χ4v) is 2.43. The summed E-state index contributed by atoms with van der Waals surface area (Å²) in [6, 6.07) is 16.8. The summed E-state index contributed by atoms with van der Waals surface area (Å²) in [6.45, 7) is 0. The minimum atomic E-state index is -0.253. The van der Waals surface area contributed by atoms with Gasteiger partial charge in [0.15, 0.2) is 0 Å². The number of carbonyl (C=O) groups excluding carboxylic acids is 1. The number of hydrogen-bond acceptors (Lipinski definition) is 3. The van der Waals surface area contributed by atoms with Gasteiger partial charge < -0.3 is 4.52 Å². The zero-order valence-electron chi connectivity index (χ0n) is 10.9. The van der Waals surface area contributed by atoms with Gasteiger partial charge in [0.2, 0.25) is 5.88 Å². The van der Waals surface area contributed by atoms with Crippen LogP contribution < -0.4 is 5.32 Å². The molecular formula is C16H11BrN2O2. The largest absolute Gasteiger partial charge is 0.338 e. The highest BCUT2D eigenvalue weighted by molar-refractivity contribution is 9.10. The molecule has 3 rings (SSSR count). The number of nitrogens with one attached hydrogen (secondary N) is 1. The standard InChI is InChI=1S/C16H11BrN2O2/c17-14-9-5-4-8-12(14)15(20)19-16-13(10-18-21-16)11-6-2-1-3-7-11/h1-10H,(H,19,20). The second kappa shape index (κ2) is 5.93. The Hall–Kier alpha value is -2.40. The molecule has 0 bridgehead atoms. The van der Waals surface area contributed by atoms with Crippen molar-refractivity contribution in [3.8, 4) is 11.1 Å². The Morgan fingerprint density at radius 1 is 1.05 bits per heavy atom. The van der Waals surface area contributed by atoms with Crippen molar-refractivity contribution in [1.29, 1.82) is 0 Å². The molecule has 0 aliphatic heterocycles. The molecule has 0 radical (unpaired) electrons. The Kier molecular flexibility index (Phi) is 3.83. The Bertz CT molecular complexity index is 769. The highest BCUT2D eigenvalue weighted by Gasteiger charge is 2.15. The van der Waals surface area contributed by atoms with Crippen LogP contribution >= 0.6 is 15.9 Å². The molecule has 0 aliphatic rings. The lowest BCUT2D eigenvalue weighted by Crippen LogP contribution is -2.12. The third kappa shape index (κ3) is 2.87. The van der Waals surface area contributed by atoms with Crippen molar-refractivity contribution in [2.24, 2.45) is 0 Å². The summed E-state index contributed by atoms with van der Waals surface area (Å²) in [5.41, 5.74) is 2.21. The van der Waals surface area contributed by atoms with Crippen LogP contribution in [0.25, 0.3) is 11.1 Å². The van der Waals surface area contributed by atoms with Gasteiger partial charge in [-0.1, -0.05) is 47.6 Å². The Labute approximate surface area is 129 Å². The summed E-state index contributed by atoms with van der Waals surface area (Å²) in [6.07, 6.45) is 1.59. The maximum Gasteiger partial charge on any atom is 0.259 e. The number of hydrogen-bond donors (Lipinski definition) is 1. The van der Waals surface area contributed by atoms with Gasteiger partial charge in [0, 0.05) is 4.47 Å². The maximum absolute atomic E-state index is 12.3. The van der Waals surface area contributed by atoms with E-state index in [-0.39, 0.29) is 5.91 Å². The molecule has 1 amide bonds. The molecule has 0 fully saturated rings. The summed E-state index contributed by atoms with van der Waals surface area (Å²) >= 11 is 3.36. The van der Waals surface area contributed by atoms with E-state index >= 15 is 0 Å². The van der Waals surface area contributed by atoms with Crippen molar-refractivity contribution in [3.63, 3.8) is 0 Å². The molecule has 0 saturated heterocycles. The van der Waals surface area contributed by atoms with E-state index < -0.39 is 0 Å². The van der Waals surface area contributed by atoms with Crippen molar-refractivity contribution in [3.05, 3.63) is 70.8 Å². The average Bonchev–Trinajstić information content (AvgIpc) is 2.96. The fourth-order valence-electron chi connectivity index (χ4n) is 1.97. The van der Waals surface area contributed by atoms with Gasteiger partial charge in [-0.3, -0.25) is 10.1 Å². The predicted molar refractivity (Wildman–Crippen MR) is 84.0 cm³/mol. The molecule has 0 aliphatic carbocycles. The predicted octanol–water partition coefficient (Wildman–Crippen LogP) is 4.36. The monoisotopic (exact) mass is 342 g/mol. The SMILES string of the molecule is O=C(Nc1oncc1-c1ccccc1)c1ccccc1Br. The fraction of sp³-hybridized carbons (Fsp3) is 0. The molecule has 21 heavy (non-hydrogen) atoms. The first-order valence-corrected chi connectivity index (χ1v) is 7.11. The second-order valence-electron chi connectivity index (χ2n) is 4.37. The summed E-state index contributed by atoms with van der Waals surface area (Å²) in [4.78, 5) is 12.3. The van der Waals surface area contributed by atoms with Crippen LogP contribution in [-0.4, -0.2) is 11.1 Å². The van der Waals surface area contributed by atoms with Crippen LogP contribution in [-0.2, 0) is 0 Å². The zero-order chi connectivity index (χ0) is 14.7. The first-order valence-electron chi connectivity index (χ1n) is 6.31. The summed E-state index contributed by atoms with van der Waals surface area (Å²) in [5.74, 6) is 0.0818. The van der Waals surface area contributed by atoms with E-state index in [1.165, 1.54) is 0 Å². The quantitative estimate of drug-likeness (QED) is 0.769. The van der Waals surface area contributed by atoms with Crippen LogP contribution in [0.2, 0.25) is 0 Å². The summed E-state index contributed by atoms with van der Waals surface area (Å²) < 4.78 is 5.88. The lowest BCUT2D eigenvalue weighted by molar-refractivity contribution is 0.102. The molecule has 4 nitrogen and oxygen atoms in total. The number of anilines is 1. The number of benzene rings is 2. The number of aromatic nitrogens is 1. The number of amides is 1. The van der Waals surface area contributed by atoms with Gasteiger partial charge in [-0.05, 0) is 33.6 Å². The first kappa shape index (κ1) is 13.6. The topological polar surface area (TPSA) is 55.1 Å². The highest BCUT2D eigenvalue weighted by Crippen LogP contribution is 2.28. The molecule has 0 unspecified atom stereocenters. The number of nitrogens with zero attached hydrogens (tertiary/aromatic N) is 1. The van der Waals surface area contributed by atoms with Gasteiger partial charge in [-0.25, -0.2) is 0 Å². The van der Waals surface area contributed by atoms with E-state index in [2.05, 4.69) is 26.4 Å². The highest BCUT2D eigenvalue weighted by atomic mass is 79.9. The smallest absolute Gasteiger partial charge is 0.259 e. The Balaban J connectivity index is 1.89. The van der Waals surface area contributed by atoms with Crippen molar-refractivity contribution in [2.75, 3.05) is 5.32 Å². The number of halogens is 1. The summed E-state index contributed by atoms with van der Waals surface area (Å²) in [7, 11) is 0. The molecule has 3 aromatic rings. The van der Waals surface area contributed by atoms with Crippen LogP contribution in [0.5, 0.6) is 0 Å². The normalized spacial score (nSPS) is 10.3. The molecular weight excluding hydrogens is 332 g/mol. The minimum Gasteiger partial charge on any atom is -0.338 e. The third-order valence-corrected chi connectivity index (χ3v) is 3.69. The van der Waals surface area contributed by atoms with Crippen molar-refractivity contribution >= 4 is 27.7 Å². The van der Waals surface area contributed by atoms with E-state index in [1.807, 2.05) is 42.5 Å². The molecule has 0 spiro atoms. The van der Waals surface area contributed by atoms with Crippen LogP contribution in [0.3, 0.4) is 0 Å². The van der Waals surface area contributed by atoms with Gasteiger partial charge in [-0.2, -0.15) is 0 Å². The third-order valence-electron chi connectivity index (χ3n) is 3.00. The summed E-state index contributed by atoms with van der Waals surface area (Å²) in [5, 5.41) is 6.51. The van der Waals surface area contributed by atoms with Gasteiger partial charge >= 0.3 is 0 Å². The van der Waals surface area contributed by atoms with Gasteiger partial charge in [0.25, 0.3) is 5.91 Å². The van der Waals surface area contributed by atoms with Gasteiger partial charge in [-0.15, -0.1) is 0 Å². The van der Waals surface area contributed by atoms with E-state index in [0.717, 1.165) is 15.6 Å². The van der Waals surface area contributed by atoms with Crippen LogP contribution in [0, 0.1) is 0 Å². The van der Waals surface area contributed by atoms with Crippen molar-refractivity contribution in [1.82, 2.24) is 5.16 Å². The molecule has 1 heterocycles.